The van der Waals surface area contributed by atoms with E-state index in [1.807, 2.05) is 13.0 Å². The summed E-state index contributed by atoms with van der Waals surface area (Å²) in [7, 11) is 0. The maximum absolute atomic E-state index is 3.07. The van der Waals surface area contributed by atoms with Crippen molar-refractivity contribution in [2.45, 2.75) is 26.7 Å². The molecule has 0 fully saturated rings. The van der Waals surface area contributed by atoms with Gasteiger partial charge in [0.2, 0.25) is 0 Å². The molecule has 0 heteroatoms. The van der Waals surface area contributed by atoms with Crippen LogP contribution in [0, 0.1) is 6.08 Å². The lowest BCUT2D eigenvalue weighted by molar-refractivity contribution is 0.937. The zero-order valence-corrected chi connectivity index (χ0v) is 4.49. The molecule has 0 N–H and O–H groups in total. The van der Waals surface area contributed by atoms with Gasteiger partial charge in [0, 0.05) is 0 Å². The molecule has 0 unspecified atom stereocenters. The number of rotatable bonds is 2. The Balaban J connectivity index is 2.66. The van der Waals surface area contributed by atoms with E-state index in [4.69, 9.17) is 0 Å². The Morgan fingerprint density at radius 3 is 2.50 bits per heavy atom. The van der Waals surface area contributed by atoms with E-state index < -0.39 is 0 Å². The van der Waals surface area contributed by atoms with Crippen LogP contribution in [0.5, 0.6) is 0 Å². The van der Waals surface area contributed by atoms with Gasteiger partial charge in [-0.15, -0.1) is 0 Å². The second-order valence-electron chi connectivity index (χ2n) is 1.24. The molecule has 0 aliphatic rings. The van der Waals surface area contributed by atoms with Crippen LogP contribution in [-0.2, 0) is 0 Å². The number of hydrogen-bond donors (Lipinski definition) is 0. The van der Waals surface area contributed by atoms with E-state index in [1.54, 1.807) is 0 Å². The van der Waals surface area contributed by atoms with Gasteiger partial charge in [-0.1, -0.05) is 20.3 Å². The normalized spacial score (nSPS) is 10.3. The third-order valence-corrected chi connectivity index (χ3v) is 0.598. The molecule has 0 aromatic carbocycles. The lowest BCUT2D eigenvalue weighted by Crippen LogP contribution is -1.57. The van der Waals surface area contributed by atoms with Crippen LogP contribution >= 0.6 is 0 Å². The van der Waals surface area contributed by atoms with E-state index in [0.29, 0.717) is 0 Å². The van der Waals surface area contributed by atoms with Crippen LogP contribution in [0.25, 0.3) is 0 Å². The first-order valence-corrected chi connectivity index (χ1v) is 2.43. The zero-order chi connectivity index (χ0) is 4.83. The molecule has 0 aromatic rings. The van der Waals surface area contributed by atoms with Crippen molar-refractivity contribution in [2.24, 2.45) is 0 Å². The maximum Gasteiger partial charge on any atom is -0.0677 e. The Labute approximate surface area is 39.9 Å². The highest BCUT2D eigenvalue weighted by Crippen LogP contribution is 1.83. The zero-order valence-electron chi connectivity index (χ0n) is 4.49. The molecular weight excluding hydrogens is 72.1 g/mol. The van der Waals surface area contributed by atoms with Gasteiger partial charge < -0.3 is 6.08 Å². The van der Waals surface area contributed by atoms with Gasteiger partial charge in [-0.25, -0.2) is 0 Å². The molecule has 0 rings (SSSR count). The van der Waals surface area contributed by atoms with Crippen molar-refractivity contribution in [3.05, 3.63) is 12.2 Å². The SMILES string of the molecule is CC=[C-]CCC. The second-order valence-corrected chi connectivity index (χ2v) is 1.24. The summed E-state index contributed by atoms with van der Waals surface area (Å²) in [5.41, 5.74) is 0. The van der Waals surface area contributed by atoms with Gasteiger partial charge in [-0.3, -0.25) is 6.08 Å². The number of hydrogen-bond acceptors (Lipinski definition) is 0. The molecule has 0 aliphatic carbocycles. The number of allylic oxidation sites excluding steroid dienone is 2. The van der Waals surface area contributed by atoms with Crippen molar-refractivity contribution in [3.63, 3.8) is 0 Å². The Hall–Kier alpha value is -0.260. The summed E-state index contributed by atoms with van der Waals surface area (Å²) in [4.78, 5) is 0. The molecule has 0 heterocycles. The first-order valence-electron chi connectivity index (χ1n) is 2.43. The number of unbranched alkanes of at least 4 members (excludes halogenated alkanes) is 1. The Bertz CT molecular complexity index is 35.3. The highest BCUT2D eigenvalue weighted by atomic mass is 13.7. The molecule has 0 aromatic heterocycles. The van der Waals surface area contributed by atoms with E-state index in [1.165, 1.54) is 6.42 Å². The molecular formula is C6H11-. The molecule has 0 atom stereocenters. The van der Waals surface area contributed by atoms with Gasteiger partial charge in [0.25, 0.3) is 0 Å². The molecule has 0 saturated heterocycles. The lowest BCUT2D eigenvalue weighted by atomic mass is 10.3. The quantitative estimate of drug-likeness (QED) is 0.449. The van der Waals surface area contributed by atoms with Crippen LogP contribution in [0.4, 0.5) is 0 Å². The Morgan fingerprint density at radius 1 is 1.67 bits per heavy atom. The summed E-state index contributed by atoms with van der Waals surface area (Å²) in [6, 6.07) is 0. The van der Waals surface area contributed by atoms with Gasteiger partial charge >= 0.3 is 0 Å². The summed E-state index contributed by atoms with van der Waals surface area (Å²) in [5.74, 6) is 0. The minimum atomic E-state index is 1.11. The van der Waals surface area contributed by atoms with Crippen LogP contribution in [0.3, 0.4) is 0 Å². The van der Waals surface area contributed by atoms with Crippen molar-refractivity contribution >= 4 is 0 Å². The van der Waals surface area contributed by atoms with Crippen molar-refractivity contribution in [2.75, 3.05) is 0 Å². The van der Waals surface area contributed by atoms with Crippen LogP contribution in [-0.4, -0.2) is 0 Å². The summed E-state index contributed by atoms with van der Waals surface area (Å²) in [5, 5.41) is 0. The third-order valence-electron chi connectivity index (χ3n) is 0.598. The predicted octanol–water partition coefficient (Wildman–Crippen LogP) is 2.17. The van der Waals surface area contributed by atoms with E-state index in [2.05, 4.69) is 13.0 Å². The minimum Gasteiger partial charge on any atom is -0.501 e. The molecule has 0 bridgehead atoms. The first-order chi connectivity index (χ1) is 2.91. The van der Waals surface area contributed by atoms with Gasteiger partial charge in [0.1, 0.15) is 0 Å². The van der Waals surface area contributed by atoms with Crippen molar-refractivity contribution in [1.82, 2.24) is 0 Å². The highest BCUT2D eigenvalue weighted by molar-refractivity contribution is 4.65. The maximum atomic E-state index is 3.07. The topological polar surface area (TPSA) is 0 Å². The van der Waals surface area contributed by atoms with Crippen LogP contribution in [0.1, 0.15) is 26.7 Å². The Morgan fingerprint density at radius 2 is 2.33 bits per heavy atom. The fraction of sp³-hybridized carbons (Fsp3) is 0.667. The van der Waals surface area contributed by atoms with Gasteiger partial charge in [0.05, 0.1) is 0 Å². The van der Waals surface area contributed by atoms with Gasteiger partial charge in [-0.05, 0) is 0 Å². The molecule has 0 radical (unpaired) electrons. The minimum absolute atomic E-state index is 1.11. The first kappa shape index (κ1) is 5.74. The monoisotopic (exact) mass is 83.1 g/mol. The molecule has 0 saturated carbocycles. The van der Waals surface area contributed by atoms with Crippen LogP contribution in [0.15, 0.2) is 6.08 Å². The fourth-order valence-electron chi connectivity index (χ4n) is 0.289. The summed E-state index contributed by atoms with van der Waals surface area (Å²) < 4.78 is 0. The molecule has 0 amide bonds. The van der Waals surface area contributed by atoms with Crippen molar-refractivity contribution in [1.29, 1.82) is 0 Å². The van der Waals surface area contributed by atoms with E-state index in [0.717, 1.165) is 6.42 Å². The standard InChI is InChI=1S/C6H11/c1-3-5-6-4-2/h3H,4,6H2,1-2H3/q-1. The van der Waals surface area contributed by atoms with E-state index in [-0.39, 0.29) is 0 Å². The third kappa shape index (κ3) is 3.74. The summed E-state index contributed by atoms with van der Waals surface area (Å²) in [6.07, 6.45) is 7.36. The summed E-state index contributed by atoms with van der Waals surface area (Å²) in [6.45, 7) is 4.14. The molecule has 0 nitrogen and oxygen atoms in total. The highest BCUT2D eigenvalue weighted by Gasteiger charge is 1.51. The van der Waals surface area contributed by atoms with Crippen LogP contribution in [0.2, 0.25) is 0 Å². The lowest BCUT2D eigenvalue weighted by Gasteiger charge is -1.94. The molecule has 6 heavy (non-hydrogen) atoms. The van der Waals surface area contributed by atoms with E-state index >= 15 is 0 Å². The van der Waals surface area contributed by atoms with Gasteiger partial charge in [-0.2, -0.15) is 6.42 Å². The fourth-order valence-corrected chi connectivity index (χ4v) is 0.289. The average Bonchev–Trinajstić information content (AvgIpc) is 1.61. The second kappa shape index (κ2) is 4.74. The summed E-state index contributed by atoms with van der Waals surface area (Å²) >= 11 is 0. The van der Waals surface area contributed by atoms with Crippen molar-refractivity contribution < 1.29 is 0 Å². The predicted molar refractivity (Wildman–Crippen MR) is 28.4 cm³/mol. The molecule has 0 spiro atoms. The van der Waals surface area contributed by atoms with Crippen LogP contribution < -0.4 is 0 Å². The van der Waals surface area contributed by atoms with Crippen molar-refractivity contribution in [3.8, 4) is 0 Å². The largest absolute Gasteiger partial charge is 0.501 e. The molecule has 0 aliphatic heterocycles. The Kier molecular flexibility index (Phi) is 4.53. The average molecular weight is 83.2 g/mol. The van der Waals surface area contributed by atoms with E-state index in [9.17, 15) is 0 Å². The smallest absolute Gasteiger partial charge is 0.0677 e. The molecule has 36 valence electrons. The van der Waals surface area contributed by atoms with Gasteiger partial charge in [0.15, 0.2) is 0 Å².